The van der Waals surface area contributed by atoms with Crippen molar-refractivity contribution < 1.29 is 19.1 Å². The largest absolute Gasteiger partial charge is 0.461 e. The molecule has 1 aliphatic carbocycles. The summed E-state index contributed by atoms with van der Waals surface area (Å²) in [6.07, 6.45) is 8.18. The second kappa shape index (κ2) is 9.41. The van der Waals surface area contributed by atoms with Crippen molar-refractivity contribution in [1.29, 1.82) is 0 Å². The minimum atomic E-state index is -0.550. The zero-order valence-electron chi connectivity index (χ0n) is 15.9. The quantitative estimate of drug-likeness (QED) is 0.687. The highest BCUT2D eigenvalue weighted by molar-refractivity contribution is 5.68. The molecule has 1 saturated heterocycles. The molecular formula is C19H34N2O4. The van der Waals surface area contributed by atoms with Crippen molar-refractivity contribution >= 4 is 12.6 Å². The Morgan fingerprint density at radius 2 is 1.92 bits per heavy atom. The van der Waals surface area contributed by atoms with E-state index in [1.165, 1.54) is 32.1 Å². The Morgan fingerprint density at radius 1 is 1.20 bits per heavy atom. The van der Waals surface area contributed by atoms with Crippen molar-refractivity contribution in [3.05, 3.63) is 0 Å². The number of ether oxygens (including phenoxy) is 2. The minimum Gasteiger partial charge on any atom is -0.461 e. The summed E-state index contributed by atoms with van der Waals surface area (Å²) in [5.41, 5.74) is -0.550. The van der Waals surface area contributed by atoms with E-state index in [0.717, 1.165) is 25.8 Å². The summed E-state index contributed by atoms with van der Waals surface area (Å²) in [4.78, 5) is 23.4. The van der Waals surface area contributed by atoms with Gasteiger partial charge in [0.05, 0.1) is 6.04 Å². The molecule has 2 rings (SSSR count). The summed E-state index contributed by atoms with van der Waals surface area (Å²) in [6, 6.07) is -0.132. The van der Waals surface area contributed by atoms with Gasteiger partial charge in [0.15, 0.2) is 0 Å². The predicted molar refractivity (Wildman–Crippen MR) is 96.3 cm³/mol. The summed E-state index contributed by atoms with van der Waals surface area (Å²) in [5, 5.41) is 6.40. The van der Waals surface area contributed by atoms with Crippen molar-refractivity contribution in [2.24, 2.45) is 5.92 Å². The van der Waals surface area contributed by atoms with Crippen molar-refractivity contribution in [2.45, 2.75) is 95.9 Å². The van der Waals surface area contributed by atoms with Crippen LogP contribution >= 0.6 is 0 Å². The lowest BCUT2D eigenvalue weighted by Gasteiger charge is -2.34. The average molecular weight is 354 g/mol. The SMILES string of the molecule is CC(C)(C)OC(=O)NC(CC1CCCCC1)C(OC=O)C1CCCN1. The first-order chi connectivity index (χ1) is 11.9. The van der Waals surface area contributed by atoms with Crippen LogP contribution in [0.3, 0.4) is 0 Å². The molecular weight excluding hydrogens is 320 g/mol. The van der Waals surface area contributed by atoms with E-state index in [1.807, 2.05) is 20.8 Å². The number of carbonyl (C=O) groups excluding carboxylic acids is 2. The average Bonchev–Trinajstić information content (AvgIpc) is 3.05. The molecule has 0 radical (unpaired) electrons. The third-order valence-electron chi connectivity index (χ3n) is 5.12. The van der Waals surface area contributed by atoms with Crippen LogP contribution in [0, 0.1) is 5.92 Å². The number of hydrogen-bond donors (Lipinski definition) is 2. The maximum Gasteiger partial charge on any atom is 0.408 e. The van der Waals surface area contributed by atoms with Crippen LogP contribution in [0.25, 0.3) is 0 Å². The van der Waals surface area contributed by atoms with Gasteiger partial charge < -0.3 is 20.1 Å². The topological polar surface area (TPSA) is 76.7 Å². The van der Waals surface area contributed by atoms with E-state index in [-0.39, 0.29) is 18.2 Å². The van der Waals surface area contributed by atoms with Gasteiger partial charge in [-0.05, 0) is 52.5 Å². The highest BCUT2D eigenvalue weighted by Gasteiger charge is 2.36. The Balaban J connectivity index is 2.07. The van der Waals surface area contributed by atoms with Gasteiger partial charge in [-0.15, -0.1) is 0 Å². The summed E-state index contributed by atoms with van der Waals surface area (Å²) in [6.45, 7) is 6.98. The van der Waals surface area contributed by atoms with E-state index < -0.39 is 11.7 Å². The minimum absolute atomic E-state index is 0.0914. The maximum atomic E-state index is 12.3. The van der Waals surface area contributed by atoms with Gasteiger partial charge in [0.1, 0.15) is 11.7 Å². The van der Waals surface area contributed by atoms with E-state index >= 15 is 0 Å². The molecule has 25 heavy (non-hydrogen) atoms. The molecule has 144 valence electrons. The fourth-order valence-corrected chi connectivity index (χ4v) is 4.04. The Morgan fingerprint density at radius 3 is 2.48 bits per heavy atom. The third kappa shape index (κ3) is 6.84. The number of hydrogen-bond acceptors (Lipinski definition) is 5. The molecule has 0 aromatic rings. The van der Waals surface area contributed by atoms with E-state index in [1.54, 1.807) is 0 Å². The summed E-state index contributed by atoms with van der Waals surface area (Å²) < 4.78 is 10.9. The van der Waals surface area contributed by atoms with Gasteiger partial charge in [-0.25, -0.2) is 4.79 Å². The Kier molecular flexibility index (Phi) is 7.54. The second-order valence-corrected chi connectivity index (χ2v) is 8.39. The lowest BCUT2D eigenvalue weighted by molar-refractivity contribution is -0.136. The van der Waals surface area contributed by atoms with E-state index in [0.29, 0.717) is 12.4 Å². The first-order valence-corrected chi connectivity index (χ1v) is 9.71. The van der Waals surface area contributed by atoms with Gasteiger partial charge in [0, 0.05) is 6.04 Å². The number of alkyl carbamates (subject to hydrolysis) is 1. The molecule has 2 fully saturated rings. The third-order valence-corrected chi connectivity index (χ3v) is 5.12. The molecule has 0 spiro atoms. The number of amides is 1. The van der Waals surface area contributed by atoms with E-state index in [4.69, 9.17) is 9.47 Å². The van der Waals surface area contributed by atoms with E-state index in [9.17, 15) is 9.59 Å². The first kappa shape index (κ1) is 20.0. The molecule has 0 aromatic heterocycles. The van der Waals surface area contributed by atoms with Gasteiger partial charge in [-0.3, -0.25) is 4.79 Å². The standard InChI is InChI=1S/C19H34N2O4/c1-19(2,3)25-18(23)21-16(12-14-8-5-4-6-9-14)17(24-13-22)15-10-7-11-20-15/h13-17,20H,4-12H2,1-3H3,(H,21,23). The Bertz CT molecular complexity index is 424. The van der Waals surface area contributed by atoms with Crippen LogP contribution in [0.15, 0.2) is 0 Å². The fourth-order valence-electron chi connectivity index (χ4n) is 4.04. The molecule has 1 aliphatic heterocycles. The molecule has 1 amide bonds. The van der Waals surface area contributed by atoms with Gasteiger partial charge in [-0.1, -0.05) is 32.1 Å². The number of rotatable bonds is 7. The van der Waals surface area contributed by atoms with Crippen LogP contribution < -0.4 is 10.6 Å². The van der Waals surface area contributed by atoms with Crippen molar-refractivity contribution in [3.8, 4) is 0 Å². The monoisotopic (exact) mass is 354 g/mol. The van der Waals surface area contributed by atoms with Crippen LogP contribution in [0.4, 0.5) is 4.79 Å². The van der Waals surface area contributed by atoms with Crippen LogP contribution in [-0.4, -0.2) is 42.9 Å². The Labute approximate surface area is 151 Å². The molecule has 2 N–H and O–H groups in total. The zero-order chi connectivity index (χ0) is 18.3. The van der Waals surface area contributed by atoms with Crippen molar-refractivity contribution in [2.75, 3.05) is 6.54 Å². The molecule has 6 nitrogen and oxygen atoms in total. The maximum absolute atomic E-state index is 12.3. The zero-order valence-corrected chi connectivity index (χ0v) is 15.9. The summed E-state index contributed by atoms with van der Waals surface area (Å²) in [7, 11) is 0. The molecule has 3 atom stereocenters. The number of nitrogens with one attached hydrogen (secondary N) is 2. The molecule has 3 unspecified atom stereocenters. The number of carbonyl (C=O) groups is 2. The lowest BCUT2D eigenvalue weighted by atomic mass is 9.82. The summed E-state index contributed by atoms with van der Waals surface area (Å²) in [5.74, 6) is 0.563. The predicted octanol–water partition coefficient (Wildman–Crippen LogP) is 3.14. The second-order valence-electron chi connectivity index (χ2n) is 8.39. The molecule has 1 heterocycles. The Hall–Kier alpha value is -1.30. The summed E-state index contributed by atoms with van der Waals surface area (Å²) >= 11 is 0. The van der Waals surface area contributed by atoms with Gasteiger partial charge in [0.25, 0.3) is 6.47 Å². The molecule has 0 aromatic carbocycles. The van der Waals surface area contributed by atoms with Crippen molar-refractivity contribution in [3.63, 3.8) is 0 Å². The van der Waals surface area contributed by atoms with Gasteiger partial charge >= 0.3 is 6.09 Å². The van der Waals surface area contributed by atoms with E-state index in [2.05, 4.69) is 10.6 Å². The molecule has 1 saturated carbocycles. The molecule has 2 aliphatic rings. The fraction of sp³-hybridized carbons (Fsp3) is 0.895. The van der Waals surface area contributed by atoms with Gasteiger partial charge in [0.2, 0.25) is 0 Å². The smallest absolute Gasteiger partial charge is 0.408 e. The van der Waals surface area contributed by atoms with Crippen LogP contribution in [-0.2, 0) is 14.3 Å². The van der Waals surface area contributed by atoms with Crippen molar-refractivity contribution in [1.82, 2.24) is 10.6 Å². The highest BCUT2D eigenvalue weighted by Crippen LogP contribution is 2.29. The van der Waals surface area contributed by atoms with Crippen LogP contribution in [0.1, 0.15) is 72.1 Å². The lowest BCUT2D eigenvalue weighted by Crippen LogP contribution is -2.54. The first-order valence-electron chi connectivity index (χ1n) is 9.71. The normalized spacial score (nSPS) is 24.4. The van der Waals surface area contributed by atoms with Crippen LogP contribution in [0.5, 0.6) is 0 Å². The molecule has 6 heteroatoms. The van der Waals surface area contributed by atoms with Gasteiger partial charge in [-0.2, -0.15) is 0 Å². The molecule has 0 bridgehead atoms. The highest BCUT2D eigenvalue weighted by atomic mass is 16.6. The van der Waals surface area contributed by atoms with Crippen LogP contribution in [0.2, 0.25) is 0 Å².